The van der Waals surface area contributed by atoms with E-state index in [0.29, 0.717) is 5.92 Å². The molecule has 0 aromatic carbocycles. The van der Waals surface area contributed by atoms with Crippen LogP contribution in [0.15, 0.2) is 0 Å². The van der Waals surface area contributed by atoms with E-state index in [0.717, 1.165) is 6.42 Å². The van der Waals surface area contributed by atoms with Gasteiger partial charge < -0.3 is 5.32 Å². The van der Waals surface area contributed by atoms with Crippen LogP contribution >= 0.6 is 0 Å². The van der Waals surface area contributed by atoms with Crippen molar-refractivity contribution in [3.63, 3.8) is 0 Å². The lowest BCUT2D eigenvalue weighted by molar-refractivity contribution is 0.509. The fraction of sp³-hybridized carbons (Fsp3) is 0.750. The number of hydrogen-bond donors (Lipinski definition) is 1. The molecule has 0 spiro atoms. The van der Waals surface area contributed by atoms with Gasteiger partial charge in [0.15, 0.2) is 0 Å². The van der Waals surface area contributed by atoms with E-state index in [1.165, 1.54) is 0 Å². The van der Waals surface area contributed by atoms with Crippen LogP contribution < -0.4 is 5.32 Å². The first-order chi connectivity index (χ1) is 4.20. The van der Waals surface area contributed by atoms with Gasteiger partial charge in [-0.05, 0) is 19.4 Å². The Morgan fingerprint density at radius 3 is 2.22 bits per heavy atom. The maximum absolute atomic E-state index is 5.22. The Morgan fingerprint density at radius 2 is 2.11 bits per heavy atom. The van der Waals surface area contributed by atoms with Gasteiger partial charge in [0.05, 0.1) is 6.04 Å². The van der Waals surface area contributed by atoms with Crippen LogP contribution in [0.1, 0.15) is 20.3 Å². The number of rotatable bonds is 3. The molecule has 0 saturated heterocycles. The Bertz CT molecular complexity index is 99.6. The molecule has 0 aliphatic carbocycles. The van der Waals surface area contributed by atoms with Crippen molar-refractivity contribution < 1.29 is 0 Å². The van der Waals surface area contributed by atoms with E-state index in [1.807, 2.05) is 7.05 Å². The van der Waals surface area contributed by atoms with Gasteiger partial charge in [-0.25, -0.2) is 0 Å². The van der Waals surface area contributed by atoms with Crippen LogP contribution in [-0.2, 0) is 0 Å². The van der Waals surface area contributed by atoms with Crippen molar-refractivity contribution in [2.24, 2.45) is 5.92 Å². The second-order valence-corrected chi connectivity index (χ2v) is 2.64. The molecule has 0 fully saturated rings. The molecular formula is C8H15N. The van der Waals surface area contributed by atoms with Crippen LogP contribution in [0.4, 0.5) is 0 Å². The van der Waals surface area contributed by atoms with Gasteiger partial charge in [-0.15, -0.1) is 6.42 Å². The van der Waals surface area contributed by atoms with Crippen LogP contribution in [0.2, 0.25) is 0 Å². The third kappa shape index (κ3) is 4.05. The first-order valence-corrected chi connectivity index (χ1v) is 3.34. The highest BCUT2D eigenvalue weighted by molar-refractivity contribution is 4.98. The maximum Gasteiger partial charge on any atom is 0.0686 e. The first-order valence-electron chi connectivity index (χ1n) is 3.34. The van der Waals surface area contributed by atoms with E-state index in [1.54, 1.807) is 0 Å². The molecule has 1 N–H and O–H groups in total. The Morgan fingerprint density at radius 1 is 1.56 bits per heavy atom. The highest BCUT2D eigenvalue weighted by Crippen LogP contribution is 2.02. The Kier molecular flexibility index (Phi) is 4.17. The Hall–Kier alpha value is -0.480. The molecule has 1 unspecified atom stereocenters. The van der Waals surface area contributed by atoms with E-state index in [9.17, 15) is 0 Å². The summed E-state index contributed by atoms with van der Waals surface area (Å²) in [6.45, 7) is 4.34. The molecule has 0 amide bonds. The van der Waals surface area contributed by atoms with E-state index < -0.39 is 0 Å². The van der Waals surface area contributed by atoms with Crippen molar-refractivity contribution in [2.75, 3.05) is 7.05 Å². The predicted octanol–water partition coefficient (Wildman–Crippen LogP) is 1.25. The Balaban J connectivity index is 3.47. The zero-order valence-electron chi connectivity index (χ0n) is 6.44. The molecule has 1 atom stereocenters. The highest BCUT2D eigenvalue weighted by atomic mass is 14.8. The quantitative estimate of drug-likeness (QED) is 0.560. The van der Waals surface area contributed by atoms with Gasteiger partial charge >= 0.3 is 0 Å². The zero-order chi connectivity index (χ0) is 7.28. The van der Waals surface area contributed by atoms with Gasteiger partial charge in [-0.2, -0.15) is 0 Å². The summed E-state index contributed by atoms with van der Waals surface area (Å²) in [6.07, 6.45) is 6.28. The predicted molar refractivity (Wildman–Crippen MR) is 41.1 cm³/mol. The molecule has 1 heteroatoms. The van der Waals surface area contributed by atoms with Crippen LogP contribution in [0.25, 0.3) is 0 Å². The molecule has 0 aromatic heterocycles. The van der Waals surface area contributed by atoms with Crippen LogP contribution in [0, 0.1) is 18.3 Å². The standard InChI is InChI=1S/C8H15N/c1-5-8(9-4)6-7(2)3/h1,7-9H,6H2,2-4H3. The van der Waals surface area contributed by atoms with Gasteiger partial charge in [0.1, 0.15) is 0 Å². The number of terminal acetylenes is 1. The summed E-state index contributed by atoms with van der Waals surface area (Å²) in [7, 11) is 1.90. The average molecular weight is 125 g/mol. The summed E-state index contributed by atoms with van der Waals surface area (Å²) in [4.78, 5) is 0. The van der Waals surface area contributed by atoms with E-state index in [4.69, 9.17) is 6.42 Å². The smallest absolute Gasteiger partial charge is 0.0686 e. The van der Waals surface area contributed by atoms with Crippen LogP contribution in [0.5, 0.6) is 0 Å². The topological polar surface area (TPSA) is 12.0 Å². The van der Waals surface area contributed by atoms with Crippen molar-refractivity contribution in [1.29, 1.82) is 0 Å². The molecule has 0 bridgehead atoms. The van der Waals surface area contributed by atoms with Gasteiger partial charge in [-0.3, -0.25) is 0 Å². The lowest BCUT2D eigenvalue weighted by atomic mass is 10.1. The normalized spacial score (nSPS) is 13.2. The van der Waals surface area contributed by atoms with Gasteiger partial charge in [0, 0.05) is 0 Å². The van der Waals surface area contributed by atoms with E-state index in [2.05, 4.69) is 25.1 Å². The Labute approximate surface area is 57.8 Å². The molecule has 0 radical (unpaired) electrons. The maximum atomic E-state index is 5.22. The lowest BCUT2D eigenvalue weighted by Crippen LogP contribution is -2.24. The van der Waals surface area contributed by atoms with Crippen molar-refractivity contribution in [1.82, 2.24) is 5.32 Å². The third-order valence-corrected chi connectivity index (χ3v) is 1.26. The third-order valence-electron chi connectivity index (χ3n) is 1.26. The van der Waals surface area contributed by atoms with Crippen LogP contribution in [0.3, 0.4) is 0 Å². The van der Waals surface area contributed by atoms with Crippen molar-refractivity contribution in [3.8, 4) is 12.3 Å². The molecule has 0 heterocycles. The minimum atomic E-state index is 0.255. The summed E-state index contributed by atoms with van der Waals surface area (Å²) in [5, 5.41) is 3.05. The summed E-state index contributed by atoms with van der Waals surface area (Å²) in [5.41, 5.74) is 0. The minimum absolute atomic E-state index is 0.255. The number of hydrogen-bond acceptors (Lipinski definition) is 1. The minimum Gasteiger partial charge on any atom is -0.307 e. The summed E-state index contributed by atoms with van der Waals surface area (Å²) < 4.78 is 0. The van der Waals surface area contributed by atoms with Gasteiger partial charge in [0.2, 0.25) is 0 Å². The molecule has 52 valence electrons. The SMILES string of the molecule is C#CC(CC(C)C)NC. The van der Waals surface area contributed by atoms with Crippen molar-refractivity contribution in [2.45, 2.75) is 26.3 Å². The second-order valence-electron chi connectivity index (χ2n) is 2.64. The zero-order valence-corrected chi connectivity index (χ0v) is 6.44. The summed E-state index contributed by atoms with van der Waals surface area (Å²) in [5.74, 6) is 3.35. The van der Waals surface area contributed by atoms with Gasteiger partial charge in [0.25, 0.3) is 0 Å². The van der Waals surface area contributed by atoms with Crippen LogP contribution in [-0.4, -0.2) is 13.1 Å². The highest BCUT2D eigenvalue weighted by Gasteiger charge is 2.02. The molecule has 0 aromatic rings. The molecule has 0 saturated carbocycles. The van der Waals surface area contributed by atoms with Crippen molar-refractivity contribution in [3.05, 3.63) is 0 Å². The summed E-state index contributed by atoms with van der Waals surface area (Å²) >= 11 is 0. The fourth-order valence-electron chi connectivity index (χ4n) is 0.741. The van der Waals surface area contributed by atoms with Gasteiger partial charge in [-0.1, -0.05) is 19.8 Å². The lowest BCUT2D eigenvalue weighted by Gasteiger charge is -2.10. The molecule has 0 aliphatic heterocycles. The van der Waals surface area contributed by atoms with Crippen molar-refractivity contribution >= 4 is 0 Å². The molecule has 1 nitrogen and oxygen atoms in total. The molecule has 0 rings (SSSR count). The van der Waals surface area contributed by atoms with E-state index in [-0.39, 0.29) is 6.04 Å². The molecular weight excluding hydrogens is 110 g/mol. The summed E-state index contributed by atoms with van der Waals surface area (Å²) in [6, 6.07) is 0.255. The molecule has 0 aliphatic rings. The second kappa shape index (κ2) is 4.40. The average Bonchev–Trinajstić information content (AvgIpc) is 1.82. The number of nitrogens with one attached hydrogen (secondary N) is 1. The first kappa shape index (κ1) is 8.52. The monoisotopic (exact) mass is 125 g/mol. The molecule has 9 heavy (non-hydrogen) atoms. The largest absolute Gasteiger partial charge is 0.307 e. The van der Waals surface area contributed by atoms with E-state index >= 15 is 0 Å². The fourth-order valence-corrected chi connectivity index (χ4v) is 0.741.